The zero-order valence-corrected chi connectivity index (χ0v) is 31.5. The maximum atomic E-state index is 12.4. The van der Waals surface area contributed by atoms with Crippen LogP contribution >= 0.6 is 0 Å². The third-order valence-electron chi connectivity index (χ3n) is 9.32. The summed E-state index contributed by atoms with van der Waals surface area (Å²) in [7, 11) is 0. The van der Waals surface area contributed by atoms with Gasteiger partial charge in [-0.15, -0.1) is 0 Å². The summed E-state index contributed by atoms with van der Waals surface area (Å²) in [6.45, 7) is 3.96. The van der Waals surface area contributed by atoms with Gasteiger partial charge in [0.2, 0.25) is 5.91 Å². The van der Waals surface area contributed by atoms with Crippen molar-refractivity contribution in [1.82, 2.24) is 5.32 Å². The molecule has 0 fully saturated rings. The van der Waals surface area contributed by atoms with E-state index in [0.717, 1.165) is 44.9 Å². The molecule has 6 nitrogen and oxygen atoms in total. The van der Waals surface area contributed by atoms with Gasteiger partial charge in [0, 0.05) is 0 Å². The van der Waals surface area contributed by atoms with Crippen molar-refractivity contribution in [2.24, 2.45) is 0 Å². The van der Waals surface area contributed by atoms with Crippen molar-refractivity contribution in [1.29, 1.82) is 0 Å². The van der Waals surface area contributed by atoms with Crippen molar-refractivity contribution in [3.63, 3.8) is 0 Å². The second-order valence-corrected chi connectivity index (χ2v) is 14.0. The smallest absolute Gasteiger partial charge is 0.249 e. The Balaban J connectivity index is 3.72. The minimum atomic E-state index is -1.28. The molecule has 0 aliphatic rings. The molecule has 4 atom stereocenters. The number of hydrogen-bond acceptors (Lipinski definition) is 5. The van der Waals surface area contributed by atoms with Crippen molar-refractivity contribution in [2.45, 2.75) is 218 Å². The predicted molar refractivity (Wildman–Crippen MR) is 205 cm³/mol. The van der Waals surface area contributed by atoms with Gasteiger partial charge >= 0.3 is 0 Å². The SMILES string of the molecule is CCCCC/C=C/CCCC(O)C(O)C(CO)NC(=O)C(O)CCCCCCCCCC/C=C\C/C=C\CCCCCCCCCCC. The van der Waals surface area contributed by atoms with E-state index in [1.54, 1.807) is 0 Å². The van der Waals surface area contributed by atoms with E-state index < -0.39 is 36.9 Å². The Labute approximate surface area is 297 Å². The molecule has 0 aliphatic carbocycles. The molecule has 0 radical (unpaired) electrons. The first-order valence-corrected chi connectivity index (χ1v) is 20.4. The summed E-state index contributed by atoms with van der Waals surface area (Å²) >= 11 is 0. The number of amides is 1. The van der Waals surface area contributed by atoms with E-state index in [9.17, 15) is 25.2 Å². The van der Waals surface area contributed by atoms with Crippen LogP contribution in [0.1, 0.15) is 194 Å². The summed E-state index contributed by atoms with van der Waals surface area (Å²) in [4.78, 5) is 12.4. The van der Waals surface area contributed by atoms with Crippen LogP contribution in [0.25, 0.3) is 0 Å². The Morgan fingerprint density at radius 2 is 0.917 bits per heavy atom. The molecule has 0 saturated heterocycles. The fourth-order valence-corrected chi connectivity index (χ4v) is 6.02. The van der Waals surface area contributed by atoms with E-state index in [1.165, 1.54) is 116 Å². The molecule has 0 rings (SSSR count). The van der Waals surface area contributed by atoms with Crippen LogP contribution in [0, 0.1) is 0 Å². The van der Waals surface area contributed by atoms with Crippen LogP contribution < -0.4 is 5.32 Å². The molecule has 5 N–H and O–H groups in total. The zero-order valence-electron chi connectivity index (χ0n) is 31.5. The average Bonchev–Trinajstić information content (AvgIpc) is 3.09. The molecule has 0 spiro atoms. The molecule has 48 heavy (non-hydrogen) atoms. The number of nitrogens with one attached hydrogen (secondary N) is 1. The molecule has 282 valence electrons. The predicted octanol–water partition coefficient (Wildman–Crippen LogP) is 10.2. The summed E-state index contributed by atoms with van der Waals surface area (Å²) in [5.74, 6) is -0.602. The topological polar surface area (TPSA) is 110 Å². The number of aliphatic hydroxyl groups is 4. The number of aliphatic hydroxyl groups excluding tert-OH is 4. The number of allylic oxidation sites excluding steroid dienone is 6. The maximum absolute atomic E-state index is 12.4. The minimum Gasteiger partial charge on any atom is -0.394 e. The highest BCUT2D eigenvalue weighted by Crippen LogP contribution is 2.14. The van der Waals surface area contributed by atoms with Crippen LogP contribution in [0.3, 0.4) is 0 Å². The quantitative estimate of drug-likeness (QED) is 0.0335. The third kappa shape index (κ3) is 30.6. The maximum Gasteiger partial charge on any atom is 0.249 e. The molecule has 0 heterocycles. The Kier molecular flexibility index (Phi) is 35.7. The summed E-state index contributed by atoms with van der Waals surface area (Å²) < 4.78 is 0. The number of unbranched alkanes of at least 4 members (excludes halogenated alkanes) is 21. The molecule has 6 heteroatoms. The lowest BCUT2D eigenvalue weighted by atomic mass is 10.00. The Morgan fingerprint density at radius 1 is 0.521 bits per heavy atom. The number of carbonyl (C=O) groups is 1. The fourth-order valence-electron chi connectivity index (χ4n) is 6.02. The zero-order chi connectivity index (χ0) is 35.3. The summed E-state index contributed by atoms with van der Waals surface area (Å²) in [5.41, 5.74) is 0. The number of hydrogen-bond donors (Lipinski definition) is 5. The van der Waals surface area contributed by atoms with E-state index in [2.05, 4.69) is 55.6 Å². The summed E-state index contributed by atoms with van der Waals surface area (Å²) in [6, 6.07) is -1.00. The molecule has 0 aromatic rings. The lowest BCUT2D eigenvalue weighted by Gasteiger charge is -2.27. The second kappa shape index (κ2) is 36.8. The minimum absolute atomic E-state index is 0.355. The molecular formula is C42H79NO5. The van der Waals surface area contributed by atoms with Crippen LogP contribution in [0.5, 0.6) is 0 Å². The molecule has 0 bridgehead atoms. The molecule has 0 aromatic carbocycles. The van der Waals surface area contributed by atoms with Gasteiger partial charge < -0.3 is 25.7 Å². The molecule has 4 unspecified atom stereocenters. The highest BCUT2D eigenvalue weighted by atomic mass is 16.3. The van der Waals surface area contributed by atoms with E-state index in [4.69, 9.17) is 0 Å². The Hall–Kier alpha value is -1.47. The largest absolute Gasteiger partial charge is 0.394 e. The first-order valence-electron chi connectivity index (χ1n) is 20.4. The first-order chi connectivity index (χ1) is 23.5. The fraction of sp³-hybridized carbons (Fsp3) is 0.833. The lowest BCUT2D eigenvalue weighted by molar-refractivity contribution is -0.132. The van der Waals surface area contributed by atoms with Crippen molar-refractivity contribution in [3.05, 3.63) is 36.5 Å². The highest BCUT2D eigenvalue weighted by Gasteiger charge is 2.28. The van der Waals surface area contributed by atoms with Gasteiger partial charge in [0.15, 0.2) is 0 Å². The van der Waals surface area contributed by atoms with Gasteiger partial charge in [0.25, 0.3) is 0 Å². The van der Waals surface area contributed by atoms with Gasteiger partial charge in [-0.05, 0) is 70.6 Å². The van der Waals surface area contributed by atoms with Gasteiger partial charge in [-0.3, -0.25) is 4.79 Å². The molecule has 0 aliphatic heterocycles. The standard InChI is InChI=1S/C42H79NO5/c1-3-5-7-9-11-13-14-15-16-17-18-19-20-21-22-23-24-25-26-27-28-30-32-34-36-40(46)42(48)43-38(37-44)41(47)39(45)35-33-31-29-12-10-8-6-4-2/h12,18-19,21-22,29,38-41,44-47H,3-11,13-17,20,23-28,30-37H2,1-2H3,(H,43,48)/b19-18-,22-21-,29-12+. The van der Waals surface area contributed by atoms with Gasteiger partial charge in [-0.2, -0.15) is 0 Å². The van der Waals surface area contributed by atoms with Crippen LogP contribution in [0.4, 0.5) is 0 Å². The normalized spacial score (nSPS) is 14.7. The molecule has 0 saturated carbocycles. The summed E-state index contributed by atoms with van der Waals surface area (Å²) in [5, 5.41) is 43.3. The number of carbonyl (C=O) groups excluding carboxylic acids is 1. The highest BCUT2D eigenvalue weighted by molar-refractivity contribution is 5.80. The first kappa shape index (κ1) is 46.5. The monoisotopic (exact) mass is 678 g/mol. The van der Waals surface area contributed by atoms with Crippen molar-refractivity contribution >= 4 is 5.91 Å². The van der Waals surface area contributed by atoms with Crippen LogP contribution in [-0.2, 0) is 4.79 Å². The van der Waals surface area contributed by atoms with E-state index in [1.807, 2.05) is 0 Å². The molecule has 0 aromatic heterocycles. The molecular weight excluding hydrogens is 598 g/mol. The van der Waals surface area contributed by atoms with E-state index in [-0.39, 0.29) is 0 Å². The van der Waals surface area contributed by atoms with Crippen molar-refractivity contribution in [3.8, 4) is 0 Å². The lowest BCUT2D eigenvalue weighted by Crippen LogP contribution is -2.53. The van der Waals surface area contributed by atoms with E-state index in [0.29, 0.717) is 19.3 Å². The average molecular weight is 678 g/mol. The molecule has 1 amide bonds. The van der Waals surface area contributed by atoms with Crippen LogP contribution in [-0.4, -0.2) is 57.3 Å². The van der Waals surface area contributed by atoms with Crippen LogP contribution in [0.15, 0.2) is 36.5 Å². The Bertz CT molecular complexity index is 767. The van der Waals surface area contributed by atoms with Gasteiger partial charge in [0.1, 0.15) is 12.2 Å². The van der Waals surface area contributed by atoms with E-state index >= 15 is 0 Å². The Morgan fingerprint density at radius 3 is 1.42 bits per heavy atom. The van der Waals surface area contributed by atoms with Crippen molar-refractivity contribution in [2.75, 3.05) is 6.61 Å². The van der Waals surface area contributed by atoms with Gasteiger partial charge in [-0.25, -0.2) is 0 Å². The summed E-state index contributed by atoms with van der Waals surface area (Å²) in [6.07, 6.45) is 41.9. The third-order valence-corrected chi connectivity index (χ3v) is 9.32. The second-order valence-electron chi connectivity index (χ2n) is 14.0. The number of rotatable bonds is 36. The van der Waals surface area contributed by atoms with Crippen molar-refractivity contribution < 1.29 is 25.2 Å². The van der Waals surface area contributed by atoms with Gasteiger partial charge in [-0.1, -0.05) is 159 Å². The van der Waals surface area contributed by atoms with Gasteiger partial charge in [0.05, 0.1) is 18.8 Å². The van der Waals surface area contributed by atoms with Crippen LogP contribution in [0.2, 0.25) is 0 Å².